The minimum absolute atomic E-state index is 1.02. The molecule has 0 bridgehead atoms. The zero-order valence-electron chi connectivity index (χ0n) is 11.7. The smallest absolute Gasteiger partial charge is 0.168 e. The summed E-state index contributed by atoms with van der Waals surface area (Å²) >= 11 is 0. The molecule has 0 amide bonds. The van der Waals surface area contributed by atoms with E-state index in [9.17, 15) is 0 Å². The third-order valence-corrected chi connectivity index (χ3v) is 2.67. The highest BCUT2D eigenvalue weighted by molar-refractivity contribution is 5.06. The predicted octanol–water partition coefficient (Wildman–Crippen LogP) is 1.63. The molecular weight excluding hydrogens is 222 g/mol. The van der Waals surface area contributed by atoms with Gasteiger partial charge in [-0.2, -0.15) is 0 Å². The molecule has 3 nitrogen and oxygen atoms in total. The van der Waals surface area contributed by atoms with Gasteiger partial charge in [0, 0.05) is 38.6 Å². The first-order valence-corrected chi connectivity index (χ1v) is 6.15. The molecule has 18 heavy (non-hydrogen) atoms. The third kappa shape index (κ3) is 4.95. The van der Waals surface area contributed by atoms with Gasteiger partial charge in [-0.05, 0) is 24.1 Å². The average Bonchev–Trinajstić information content (AvgIpc) is 2.41. The second kappa shape index (κ2) is 7.43. The van der Waals surface area contributed by atoms with E-state index in [-0.39, 0.29) is 0 Å². The summed E-state index contributed by atoms with van der Waals surface area (Å²) in [5.74, 6) is 0. The van der Waals surface area contributed by atoms with Gasteiger partial charge in [0.15, 0.2) is 12.4 Å². The molecule has 0 aliphatic rings. The summed E-state index contributed by atoms with van der Waals surface area (Å²) in [6.45, 7) is 2.16. The van der Waals surface area contributed by atoms with Gasteiger partial charge in [-0.3, -0.25) is 4.99 Å². The minimum Gasteiger partial charge on any atom is -0.357 e. The zero-order valence-corrected chi connectivity index (χ0v) is 11.7. The topological polar surface area (TPSA) is 21.2 Å². The van der Waals surface area contributed by atoms with Gasteiger partial charge in [-0.1, -0.05) is 6.92 Å². The van der Waals surface area contributed by atoms with Crippen molar-refractivity contribution in [1.29, 1.82) is 0 Å². The lowest BCUT2D eigenvalue weighted by Gasteiger charge is -1.92. The molecule has 96 valence electrons. The van der Waals surface area contributed by atoms with Crippen molar-refractivity contribution in [1.82, 2.24) is 4.57 Å². The second-order valence-electron chi connectivity index (χ2n) is 4.17. The lowest BCUT2D eigenvalue weighted by atomic mass is 10.2. The van der Waals surface area contributed by atoms with Crippen molar-refractivity contribution in [2.45, 2.75) is 13.3 Å². The summed E-state index contributed by atoms with van der Waals surface area (Å²) in [5.41, 5.74) is 1.40. The summed E-state index contributed by atoms with van der Waals surface area (Å²) in [5, 5.41) is 1.02. The Morgan fingerprint density at radius 3 is 2.11 bits per heavy atom. The van der Waals surface area contributed by atoms with Crippen LogP contribution in [-0.4, -0.2) is 11.6 Å². The van der Waals surface area contributed by atoms with Crippen molar-refractivity contribution in [2.75, 3.05) is 7.05 Å². The average molecular weight is 244 g/mol. The molecule has 0 aliphatic carbocycles. The maximum absolute atomic E-state index is 4.00. The highest BCUT2D eigenvalue weighted by atomic mass is 14.9. The van der Waals surface area contributed by atoms with Crippen molar-refractivity contribution in [3.8, 4) is 0 Å². The fourth-order valence-electron chi connectivity index (χ4n) is 1.41. The maximum atomic E-state index is 4.00. The minimum atomic E-state index is 1.02. The Balaban J connectivity index is 0.000000180. The van der Waals surface area contributed by atoms with Gasteiger partial charge >= 0.3 is 0 Å². The molecule has 2 heterocycles. The molecule has 0 fully saturated rings. The second-order valence-corrected chi connectivity index (χ2v) is 4.17. The van der Waals surface area contributed by atoms with Crippen LogP contribution in [0.4, 0.5) is 0 Å². The van der Waals surface area contributed by atoms with Crippen molar-refractivity contribution in [3.63, 3.8) is 0 Å². The highest BCUT2D eigenvalue weighted by Crippen LogP contribution is 1.93. The molecule has 2 aromatic rings. The van der Waals surface area contributed by atoms with Crippen molar-refractivity contribution in [2.24, 2.45) is 19.1 Å². The number of rotatable bonds is 1. The quantitative estimate of drug-likeness (QED) is 0.680. The predicted molar refractivity (Wildman–Crippen MR) is 73.9 cm³/mol. The van der Waals surface area contributed by atoms with Gasteiger partial charge in [0.25, 0.3) is 0 Å². The summed E-state index contributed by atoms with van der Waals surface area (Å²) in [6.07, 6.45) is 9.21. The zero-order chi connectivity index (χ0) is 13.4. The Morgan fingerprint density at radius 1 is 1.11 bits per heavy atom. The van der Waals surface area contributed by atoms with Gasteiger partial charge in [0.05, 0.1) is 5.36 Å². The summed E-state index contributed by atoms with van der Waals surface area (Å²) < 4.78 is 4.02. The first kappa shape index (κ1) is 14.2. The molecule has 0 N–H and O–H groups in total. The van der Waals surface area contributed by atoms with Gasteiger partial charge < -0.3 is 4.57 Å². The number of hydrogen-bond donors (Lipinski definition) is 0. The van der Waals surface area contributed by atoms with E-state index in [1.54, 1.807) is 7.05 Å². The van der Waals surface area contributed by atoms with Gasteiger partial charge in [-0.15, -0.1) is 0 Å². The molecule has 2 rings (SSSR count). The molecule has 0 saturated heterocycles. The molecule has 0 aromatic carbocycles. The van der Waals surface area contributed by atoms with Crippen molar-refractivity contribution < 1.29 is 4.57 Å². The van der Waals surface area contributed by atoms with Crippen LogP contribution in [-0.2, 0) is 20.5 Å². The molecule has 0 aliphatic heterocycles. The van der Waals surface area contributed by atoms with Crippen LogP contribution in [0.25, 0.3) is 0 Å². The molecule has 2 aromatic heterocycles. The number of hydrogen-bond acceptors (Lipinski definition) is 1. The third-order valence-electron chi connectivity index (χ3n) is 2.67. The van der Waals surface area contributed by atoms with Crippen LogP contribution in [0.2, 0.25) is 0 Å². The molecule has 0 radical (unpaired) electrons. The number of aromatic nitrogens is 2. The van der Waals surface area contributed by atoms with Gasteiger partial charge in [0.1, 0.15) is 7.05 Å². The van der Waals surface area contributed by atoms with Gasteiger partial charge in [-0.25, -0.2) is 4.57 Å². The van der Waals surface area contributed by atoms with E-state index in [1.165, 1.54) is 5.56 Å². The van der Waals surface area contributed by atoms with E-state index in [1.807, 2.05) is 47.8 Å². The summed E-state index contributed by atoms with van der Waals surface area (Å²) in [7, 11) is 5.80. The fourth-order valence-corrected chi connectivity index (χ4v) is 1.41. The van der Waals surface area contributed by atoms with E-state index >= 15 is 0 Å². The standard InChI is InChI=1S/C8H12N.C7H10N2/c1-3-8-4-6-9(2)7-5-8;1-8-7-3-5-9(2)6-4-7/h4-7H,3H2,1-2H3;3-6H,1-2H3/q+1;. The monoisotopic (exact) mass is 244 g/mol. The highest BCUT2D eigenvalue weighted by Gasteiger charge is 1.90. The van der Waals surface area contributed by atoms with Crippen LogP contribution in [0.3, 0.4) is 0 Å². The summed E-state index contributed by atoms with van der Waals surface area (Å²) in [4.78, 5) is 4.00. The maximum Gasteiger partial charge on any atom is 0.168 e. The molecular formula is C15H22N3+. The lowest BCUT2D eigenvalue weighted by molar-refractivity contribution is -0.671. The van der Waals surface area contributed by atoms with Crippen LogP contribution < -0.4 is 9.92 Å². The first-order chi connectivity index (χ1) is 8.65. The lowest BCUT2D eigenvalue weighted by Crippen LogP contribution is -2.25. The van der Waals surface area contributed by atoms with E-state index in [4.69, 9.17) is 0 Å². The normalized spacial score (nSPS) is 9.33. The van der Waals surface area contributed by atoms with Crippen LogP contribution >= 0.6 is 0 Å². The molecule has 0 saturated carbocycles. The van der Waals surface area contributed by atoms with Crippen molar-refractivity contribution >= 4 is 0 Å². The van der Waals surface area contributed by atoms with Crippen molar-refractivity contribution in [3.05, 3.63) is 60.0 Å². The largest absolute Gasteiger partial charge is 0.357 e. The van der Waals surface area contributed by atoms with Crippen LogP contribution in [0.15, 0.2) is 54.0 Å². The number of aryl methyl sites for hydroxylation is 3. The van der Waals surface area contributed by atoms with E-state index in [0.29, 0.717) is 0 Å². The Labute approximate surface area is 109 Å². The molecule has 0 atom stereocenters. The van der Waals surface area contributed by atoms with Crippen LogP contribution in [0.5, 0.6) is 0 Å². The summed E-state index contributed by atoms with van der Waals surface area (Å²) in [6, 6.07) is 8.22. The Bertz CT molecular complexity index is 504. The molecule has 3 heteroatoms. The number of nitrogens with zero attached hydrogens (tertiary/aromatic N) is 3. The Morgan fingerprint density at radius 2 is 1.67 bits per heavy atom. The van der Waals surface area contributed by atoms with E-state index in [0.717, 1.165) is 11.8 Å². The molecule has 0 spiro atoms. The Kier molecular flexibility index (Phi) is 5.85. The van der Waals surface area contributed by atoms with E-state index in [2.05, 4.69) is 36.4 Å². The first-order valence-electron chi connectivity index (χ1n) is 6.15. The van der Waals surface area contributed by atoms with Crippen LogP contribution in [0.1, 0.15) is 12.5 Å². The molecule has 0 unspecified atom stereocenters. The SMILES string of the molecule is CCc1cc[n+](C)cc1.CN=c1ccn(C)cc1. The fraction of sp³-hybridized carbons (Fsp3) is 0.333. The van der Waals surface area contributed by atoms with Crippen LogP contribution in [0, 0.1) is 0 Å². The number of pyridine rings is 2. The van der Waals surface area contributed by atoms with Gasteiger partial charge in [0.2, 0.25) is 0 Å². The Hall–Kier alpha value is -1.90. The van der Waals surface area contributed by atoms with E-state index < -0.39 is 0 Å².